The number of esters is 1. The maximum atomic E-state index is 11.0. The summed E-state index contributed by atoms with van der Waals surface area (Å²) in [6.45, 7) is 3.50. The summed E-state index contributed by atoms with van der Waals surface area (Å²) in [5.74, 6) is -0.284. The van der Waals surface area contributed by atoms with Gasteiger partial charge in [-0.25, -0.2) is 0 Å². The van der Waals surface area contributed by atoms with Gasteiger partial charge in [-0.3, -0.25) is 9.69 Å². The summed E-state index contributed by atoms with van der Waals surface area (Å²) in [6, 6.07) is 10.1. The molecule has 1 fully saturated rings. The van der Waals surface area contributed by atoms with Crippen LogP contribution in [0.5, 0.6) is 0 Å². The van der Waals surface area contributed by atoms with Crippen LogP contribution in [-0.2, 0) is 16.1 Å². The van der Waals surface area contributed by atoms with Gasteiger partial charge in [0.05, 0.1) is 6.10 Å². The maximum Gasteiger partial charge on any atom is 0.302 e. The molecule has 4 nitrogen and oxygen atoms in total. The van der Waals surface area contributed by atoms with Gasteiger partial charge in [0.2, 0.25) is 0 Å². The predicted molar refractivity (Wildman–Crippen MR) is 67.9 cm³/mol. The van der Waals surface area contributed by atoms with E-state index in [1.807, 2.05) is 18.2 Å². The van der Waals surface area contributed by atoms with Crippen molar-refractivity contribution in [2.75, 3.05) is 13.1 Å². The van der Waals surface area contributed by atoms with E-state index in [-0.39, 0.29) is 12.1 Å². The third kappa shape index (κ3) is 3.82. The SMILES string of the molecule is CC(=O)O[C@@H]1C[C@@H](O)CN(Cc2ccccc2)C1. The summed E-state index contributed by atoms with van der Waals surface area (Å²) in [7, 11) is 0. The minimum atomic E-state index is -0.424. The quantitative estimate of drug-likeness (QED) is 0.817. The molecular formula is C14H19NO3. The number of hydrogen-bond acceptors (Lipinski definition) is 4. The molecule has 0 aromatic heterocycles. The predicted octanol–water partition coefficient (Wildman–Crippen LogP) is 1.18. The molecule has 1 aromatic carbocycles. The molecule has 0 bridgehead atoms. The molecule has 1 saturated heterocycles. The molecule has 98 valence electrons. The summed E-state index contributed by atoms with van der Waals surface area (Å²) in [5, 5.41) is 9.81. The van der Waals surface area contributed by atoms with E-state index in [1.54, 1.807) is 0 Å². The van der Waals surface area contributed by atoms with Crippen molar-refractivity contribution in [2.45, 2.75) is 32.1 Å². The Morgan fingerprint density at radius 2 is 2.11 bits per heavy atom. The summed E-state index contributed by atoms with van der Waals surface area (Å²) >= 11 is 0. The van der Waals surface area contributed by atoms with Crippen LogP contribution < -0.4 is 0 Å². The fourth-order valence-electron chi connectivity index (χ4n) is 2.40. The molecule has 2 atom stereocenters. The fraction of sp³-hybridized carbons (Fsp3) is 0.500. The topological polar surface area (TPSA) is 49.8 Å². The highest BCUT2D eigenvalue weighted by molar-refractivity contribution is 5.66. The van der Waals surface area contributed by atoms with Gasteiger partial charge in [-0.15, -0.1) is 0 Å². The monoisotopic (exact) mass is 249 g/mol. The average Bonchev–Trinajstić information content (AvgIpc) is 2.28. The van der Waals surface area contributed by atoms with Crippen LogP contribution in [0.3, 0.4) is 0 Å². The van der Waals surface area contributed by atoms with Gasteiger partial charge in [0, 0.05) is 33.0 Å². The van der Waals surface area contributed by atoms with E-state index in [0.29, 0.717) is 19.5 Å². The van der Waals surface area contributed by atoms with Crippen LogP contribution in [0.15, 0.2) is 30.3 Å². The van der Waals surface area contributed by atoms with Gasteiger partial charge < -0.3 is 9.84 Å². The van der Waals surface area contributed by atoms with Crippen LogP contribution in [0.1, 0.15) is 18.9 Å². The van der Waals surface area contributed by atoms with E-state index in [0.717, 1.165) is 6.54 Å². The Labute approximate surface area is 107 Å². The molecule has 1 N–H and O–H groups in total. The van der Waals surface area contributed by atoms with Gasteiger partial charge in [-0.2, -0.15) is 0 Å². The van der Waals surface area contributed by atoms with Gasteiger partial charge in [0.1, 0.15) is 6.10 Å². The van der Waals surface area contributed by atoms with Crippen molar-refractivity contribution < 1.29 is 14.6 Å². The van der Waals surface area contributed by atoms with Crippen molar-refractivity contribution in [1.82, 2.24) is 4.90 Å². The zero-order chi connectivity index (χ0) is 13.0. The molecule has 0 aliphatic carbocycles. The second-order valence-corrected chi connectivity index (χ2v) is 4.80. The zero-order valence-corrected chi connectivity index (χ0v) is 10.6. The minimum absolute atomic E-state index is 0.199. The Balaban J connectivity index is 1.94. The lowest BCUT2D eigenvalue weighted by Crippen LogP contribution is -2.46. The number of rotatable bonds is 3. The van der Waals surface area contributed by atoms with Crippen LogP contribution in [0.2, 0.25) is 0 Å². The summed E-state index contributed by atoms with van der Waals surface area (Å²) in [4.78, 5) is 13.1. The van der Waals surface area contributed by atoms with Crippen molar-refractivity contribution in [2.24, 2.45) is 0 Å². The molecule has 1 aromatic rings. The van der Waals surface area contributed by atoms with Crippen molar-refractivity contribution in [3.63, 3.8) is 0 Å². The Kier molecular flexibility index (Phi) is 4.33. The first-order valence-electron chi connectivity index (χ1n) is 6.25. The van der Waals surface area contributed by atoms with Crippen LogP contribution in [0.4, 0.5) is 0 Å². The number of benzene rings is 1. The largest absolute Gasteiger partial charge is 0.461 e. The standard InChI is InChI=1S/C14H19NO3/c1-11(16)18-14-7-13(17)9-15(10-14)8-12-5-3-2-4-6-12/h2-6,13-14,17H,7-10H2,1H3/t13-,14-/m1/s1. The van der Waals surface area contributed by atoms with Crippen molar-refractivity contribution >= 4 is 5.97 Å². The molecule has 2 rings (SSSR count). The minimum Gasteiger partial charge on any atom is -0.461 e. The molecule has 0 amide bonds. The van der Waals surface area contributed by atoms with E-state index in [9.17, 15) is 9.90 Å². The molecule has 4 heteroatoms. The number of β-amino-alcohol motifs (C(OH)–C–C–N with tert-alkyl or cyclic N) is 1. The van der Waals surface area contributed by atoms with Crippen LogP contribution in [0, 0.1) is 0 Å². The Morgan fingerprint density at radius 3 is 2.78 bits per heavy atom. The third-order valence-electron chi connectivity index (χ3n) is 3.05. The number of aliphatic hydroxyl groups is 1. The highest BCUT2D eigenvalue weighted by atomic mass is 16.5. The normalized spacial score (nSPS) is 24.8. The average molecular weight is 249 g/mol. The van der Waals surface area contributed by atoms with Gasteiger partial charge >= 0.3 is 5.97 Å². The summed E-state index contributed by atoms with van der Waals surface area (Å²) < 4.78 is 5.19. The lowest BCUT2D eigenvalue weighted by molar-refractivity contribution is -0.151. The maximum absolute atomic E-state index is 11.0. The van der Waals surface area contributed by atoms with Gasteiger partial charge in [-0.1, -0.05) is 30.3 Å². The van der Waals surface area contributed by atoms with Crippen molar-refractivity contribution in [3.8, 4) is 0 Å². The highest BCUT2D eigenvalue weighted by Gasteiger charge is 2.27. The number of nitrogens with zero attached hydrogens (tertiary/aromatic N) is 1. The van der Waals surface area contributed by atoms with E-state index in [1.165, 1.54) is 12.5 Å². The highest BCUT2D eigenvalue weighted by Crippen LogP contribution is 2.16. The smallest absolute Gasteiger partial charge is 0.302 e. The van der Waals surface area contributed by atoms with Crippen LogP contribution in [-0.4, -0.2) is 41.3 Å². The molecular weight excluding hydrogens is 230 g/mol. The fourth-order valence-corrected chi connectivity index (χ4v) is 2.40. The van der Waals surface area contributed by atoms with E-state index >= 15 is 0 Å². The van der Waals surface area contributed by atoms with E-state index in [2.05, 4.69) is 17.0 Å². The molecule has 1 aliphatic rings. The number of carbonyl (C=O) groups is 1. The molecule has 0 radical (unpaired) electrons. The Hall–Kier alpha value is -1.39. The van der Waals surface area contributed by atoms with Gasteiger partial charge in [0.25, 0.3) is 0 Å². The molecule has 0 unspecified atom stereocenters. The first kappa shape index (κ1) is 13.1. The van der Waals surface area contributed by atoms with Crippen LogP contribution in [0.25, 0.3) is 0 Å². The van der Waals surface area contributed by atoms with Crippen molar-refractivity contribution in [1.29, 1.82) is 0 Å². The van der Waals surface area contributed by atoms with Crippen LogP contribution >= 0.6 is 0 Å². The number of likely N-dealkylation sites (tertiary alicyclic amines) is 1. The lowest BCUT2D eigenvalue weighted by Gasteiger charge is -2.35. The van der Waals surface area contributed by atoms with Gasteiger partial charge in [-0.05, 0) is 5.56 Å². The number of hydrogen-bond donors (Lipinski definition) is 1. The molecule has 18 heavy (non-hydrogen) atoms. The first-order chi connectivity index (χ1) is 8.63. The second-order valence-electron chi connectivity index (χ2n) is 4.80. The van der Waals surface area contributed by atoms with E-state index < -0.39 is 6.10 Å². The van der Waals surface area contributed by atoms with E-state index in [4.69, 9.17) is 4.74 Å². The molecule has 0 saturated carbocycles. The summed E-state index contributed by atoms with van der Waals surface area (Å²) in [6.07, 6.45) is -0.0907. The second kappa shape index (κ2) is 5.98. The summed E-state index contributed by atoms with van der Waals surface area (Å²) in [5.41, 5.74) is 1.20. The van der Waals surface area contributed by atoms with Gasteiger partial charge in [0.15, 0.2) is 0 Å². The Bertz CT molecular complexity index is 393. The number of piperidine rings is 1. The molecule has 0 spiro atoms. The number of aliphatic hydroxyl groups excluding tert-OH is 1. The Morgan fingerprint density at radius 1 is 1.39 bits per heavy atom. The molecule has 1 heterocycles. The molecule has 1 aliphatic heterocycles. The number of ether oxygens (including phenoxy) is 1. The number of carbonyl (C=O) groups excluding carboxylic acids is 1. The third-order valence-corrected chi connectivity index (χ3v) is 3.05. The zero-order valence-electron chi connectivity index (χ0n) is 10.6. The van der Waals surface area contributed by atoms with Crippen molar-refractivity contribution in [3.05, 3.63) is 35.9 Å². The lowest BCUT2D eigenvalue weighted by atomic mass is 10.0. The first-order valence-corrected chi connectivity index (χ1v) is 6.25.